The predicted octanol–water partition coefficient (Wildman–Crippen LogP) is 3.72. The second kappa shape index (κ2) is 8.10. The molecule has 1 aliphatic heterocycles. The van der Waals surface area contributed by atoms with Gasteiger partial charge in [-0.05, 0) is 76.3 Å². The predicted molar refractivity (Wildman–Crippen MR) is 110 cm³/mol. The Morgan fingerprint density at radius 1 is 1.25 bits per heavy atom. The molecule has 28 heavy (non-hydrogen) atoms. The van der Waals surface area contributed by atoms with Crippen molar-refractivity contribution in [1.29, 1.82) is 0 Å². The average Bonchev–Trinajstić information content (AvgIpc) is 3.06. The zero-order valence-corrected chi connectivity index (χ0v) is 16.8. The number of hydrogen-bond acceptors (Lipinski definition) is 3. The van der Waals surface area contributed by atoms with E-state index in [1.54, 1.807) is 12.1 Å². The van der Waals surface area contributed by atoms with E-state index in [0.29, 0.717) is 29.7 Å². The summed E-state index contributed by atoms with van der Waals surface area (Å²) in [6, 6.07) is 4.25. The molecule has 0 fully saturated rings. The summed E-state index contributed by atoms with van der Waals surface area (Å²) in [5, 5.41) is 2.75. The van der Waals surface area contributed by atoms with Crippen LogP contribution in [0.25, 0.3) is 11.6 Å². The number of amides is 1. The van der Waals surface area contributed by atoms with Crippen molar-refractivity contribution >= 4 is 29.0 Å². The minimum atomic E-state index is -0.385. The Balaban J connectivity index is 1.83. The molecule has 1 aromatic heterocycles. The van der Waals surface area contributed by atoms with Crippen LogP contribution in [0.3, 0.4) is 0 Å². The fraction of sp³-hybridized carbons (Fsp3) is 0.364. The summed E-state index contributed by atoms with van der Waals surface area (Å²) >= 11 is 0. The minimum absolute atomic E-state index is 0.206. The van der Waals surface area contributed by atoms with Gasteiger partial charge in [0, 0.05) is 35.5 Å². The second-order valence-corrected chi connectivity index (χ2v) is 7.59. The van der Waals surface area contributed by atoms with E-state index in [-0.39, 0.29) is 17.5 Å². The Hall–Kier alpha value is -2.73. The molecule has 0 unspecified atom stereocenters. The van der Waals surface area contributed by atoms with Gasteiger partial charge in [-0.3, -0.25) is 9.59 Å². The minimum Gasteiger partial charge on any atom is -0.359 e. The molecule has 1 aromatic carbocycles. The smallest absolute Gasteiger partial charge is 0.256 e. The van der Waals surface area contributed by atoms with E-state index in [9.17, 15) is 14.0 Å². The first-order valence-corrected chi connectivity index (χ1v) is 9.43. The molecule has 0 aliphatic carbocycles. The molecule has 0 spiro atoms. The number of H-pyrrole nitrogens is 1. The van der Waals surface area contributed by atoms with E-state index >= 15 is 0 Å². The zero-order valence-electron chi connectivity index (χ0n) is 16.8. The highest BCUT2D eigenvalue weighted by molar-refractivity contribution is 6.34. The van der Waals surface area contributed by atoms with Gasteiger partial charge in [-0.25, -0.2) is 4.39 Å². The molecule has 1 aliphatic rings. The molecule has 0 bridgehead atoms. The molecular formula is C22H26FN3O2. The summed E-state index contributed by atoms with van der Waals surface area (Å²) < 4.78 is 13.6. The maximum Gasteiger partial charge on any atom is 0.256 e. The lowest BCUT2D eigenvalue weighted by atomic mass is 10.00. The number of benzene rings is 1. The van der Waals surface area contributed by atoms with Gasteiger partial charge >= 0.3 is 0 Å². The largest absolute Gasteiger partial charge is 0.359 e. The number of rotatable bonds is 7. The molecule has 2 heterocycles. The number of carbonyl (C=O) groups is 2. The normalized spacial score (nSPS) is 14.6. The first kappa shape index (κ1) is 20.0. The third-order valence-electron chi connectivity index (χ3n) is 5.12. The number of Topliss-reactive ketones (excluding diaryl/α,β-unsaturated/α-hetero) is 1. The van der Waals surface area contributed by atoms with Crippen molar-refractivity contribution in [3.05, 3.63) is 52.1 Å². The Morgan fingerprint density at radius 3 is 2.71 bits per heavy atom. The first-order chi connectivity index (χ1) is 13.3. The fourth-order valence-corrected chi connectivity index (χ4v) is 3.55. The summed E-state index contributed by atoms with van der Waals surface area (Å²) in [4.78, 5) is 30.0. The topological polar surface area (TPSA) is 65.2 Å². The molecular weight excluding hydrogens is 357 g/mol. The van der Waals surface area contributed by atoms with E-state index in [0.717, 1.165) is 35.5 Å². The Bertz CT molecular complexity index is 957. The van der Waals surface area contributed by atoms with Crippen LogP contribution in [0.4, 0.5) is 10.1 Å². The lowest BCUT2D eigenvalue weighted by Gasteiger charge is -2.08. The van der Waals surface area contributed by atoms with Crippen LogP contribution in [-0.2, 0) is 16.0 Å². The molecule has 1 amide bonds. The molecule has 2 aromatic rings. The number of nitrogens with zero attached hydrogens (tertiary/aromatic N) is 1. The number of halogens is 1. The van der Waals surface area contributed by atoms with Gasteiger partial charge in [0.25, 0.3) is 5.91 Å². The van der Waals surface area contributed by atoms with Gasteiger partial charge in [0.1, 0.15) is 11.6 Å². The molecule has 2 N–H and O–H groups in total. The van der Waals surface area contributed by atoms with E-state index in [4.69, 9.17) is 0 Å². The number of aromatic nitrogens is 1. The van der Waals surface area contributed by atoms with E-state index < -0.39 is 0 Å². The summed E-state index contributed by atoms with van der Waals surface area (Å²) in [5.74, 6) is -0.435. The van der Waals surface area contributed by atoms with Crippen LogP contribution in [0.1, 0.15) is 40.9 Å². The van der Waals surface area contributed by atoms with Crippen LogP contribution in [0, 0.1) is 19.7 Å². The van der Waals surface area contributed by atoms with Crippen LogP contribution in [0.2, 0.25) is 0 Å². The highest BCUT2D eigenvalue weighted by atomic mass is 19.1. The number of fused-ring (bicyclic) bond motifs is 1. The first-order valence-electron chi connectivity index (χ1n) is 9.43. The average molecular weight is 383 g/mol. The van der Waals surface area contributed by atoms with Crippen LogP contribution >= 0.6 is 0 Å². The van der Waals surface area contributed by atoms with Gasteiger partial charge in [-0.2, -0.15) is 0 Å². The van der Waals surface area contributed by atoms with Crippen LogP contribution in [-0.4, -0.2) is 42.2 Å². The highest BCUT2D eigenvalue weighted by Crippen LogP contribution is 2.34. The van der Waals surface area contributed by atoms with Crippen molar-refractivity contribution in [3.8, 4) is 0 Å². The monoisotopic (exact) mass is 383 g/mol. The molecule has 6 heteroatoms. The van der Waals surface area contributed by atoms with E-state index in [1.165, 1.54) is 12.1 Å². The standard InChI is InChI=1S/C22H26FN3O2/c1-13-17(11-16(27)6-5-9-26(3)4)14(2)24-21(13)12-19-18-10-15(23)7-8-20(18)25-22(19)28/h7-8,10,12,24H,5-6,9,11H2,1-4H3,(H,25,28)/b19-12-. The number of nitrogens with one attached hydrogen (secondary N) is 2. The summed E-state index contributed by atoms with van der Waals surface area (Å²) in [7, 11) is 3.99. The van der Waals surface area contributed by atoms with E-state index in [2.05, 4.69) is 15.2 Å². The van der Waals surface area contributed by atoms with Gasteiger partial charge in [0.05, 0.1) is 5.57 Å². The second-order valence-electron chi connectivity index (χ2n) is 7.59. The van der Waals surface area contributed by atoms with Crippen LogP contribution in [0.5, 0.6) is 0 Å². The van der Waals surface area contributed by atoms with Crippen LogP contribution in [0.15, 0.2) is 18.2 Å². The fourth-order valence-electron chi connectivity index (χ4n) is 3.55. The van der Waals surface area contributed by atoms with Crippen molar-refractivity contribution in [2.75, 3.05) is 26.0 Å². The Kier molecular flexibility index (Phi) is 5.79. The third-order valence-corrected chi connectivity index (χ3v) is 5.12. The SMILES string of the molecule is Cc1[nH]c(/C=C2\C(=O)Nc3ccc(F)cc32)c(C)c1CC(=O)CCCN(C)C. The Labute approximate surface area is 164 Å². The van der Waals surface area contributed by atoms with Crippen molar-refractivity contribution in [2.45, 2.75) is 33.1 Å². The number of aromatic amines is 1. The molecule has 0 atom stereocenters. The van der Waals surface area contributed by atoms with Crippen molar-refractivity contribution < 1.29 is 14.0 Å². The zero-order chi connectivity index (χ0) is 20.4. The quantitative estimate of drug-likeness (QED) is 0.716. The third kappa shape index (κ3) is 4.22. The lowest BCUT2D eigenvalue weighted by molar-refractivity contribution is -0.118. The molecule has 0 radical (unpaired) electrons. The summed E-state index contributed by atoms with van der Waals surface area (Å²) in [6.07, 6.45) is 3.51. The molecule has 3 rings (SSSR count). The number of carbonyl (C=O) groups excluding carboxylic acids is 2. The number of ketones is 1. The van der Waals surface area contributed by atoms with Gasteiger partial charge < -0.3 is 15.2 Å². The Morgan fingerprint density at radius 2 is 2.00 bits per heavy atom. The van der Waals surface area contributed by atoms with Crippen molar-refractivity contribution in [2.24, 2.45) is 0 Å². The highest BCUT2D eigenvalue weighted by Gasteiger charge is 2.25. The number of anilines is 1. The summed E-state index contributed by atoms with van der Waals surface area (Å²) in [5.41, 5.74) is 5.19. The van der Waals surface area contributed by atoms with Gasteiger partial charge in [-0.1, -0.05) is 0 Å². The van der Waals surface area contributed by atoms with Gasteiger partial charge in [0.2, 0.25) is 0 Å². The number of hydrogen-bond donors (Lipinski definition) is 2. The van der Waals surface area contributed by atoms with Crippen molar-refractivity contribution in [3.63, 3.8) is 0 Å². The van der Waals surface area contributed by atoms with Crippen LogP contribution < -0.4 is 5.32 Å². The molecule has 0 saturated carbocycles. The van der Waals surface area contributed by atoms with Gasteiger partial charge in [-0.15, -0.1) is 0 Å². The maximum absolute atomic E-state index is 13.6. The number of aryl methyl sites for hydroxylation is 1. The molecule has 148 valence electrons. The lowest BCUT2D eigenvalue weighted by Crippen LogP contribution is -2.15. The maximum atomic E-state index is 13.6. The van der Waals surface area contributed by atoms with Crippen molar-refractivity contribution in [1.82, 2.24) is 9.88 Å². The summed E-state index contributed by atoms with van der Waals surface area (Å²) in [6.45, 7) is 4.76. The van der Waals surface area contributed by atoms with Gasteiger partial charge in [0.15, 0.2) is 0 Å². The van der Waals surface area contributed by atoms with E-state index in [1.807, 2.05) is 27.9 Å². The molecule has 5 nitrogen and oxygen atoms in total. The molecule has 0 saturated heterocycles.